The maximum Gasteiger partial charge on any atom is 0.259 e. The Kier molecular flexibility index (Phi) is 5.39. The maximum atomic E-state index is 13.0. The zero-order valence-corrected chi connectivity index (χ0v) is 17.5. The summed E-state index contributed by atoms with van der Waals surface area (Å²) >= 11 is 1.40. The van der Waals surface area contributed by atoms with Crippen LogP contribution in [0.25, 0.3) is 0 Å². The summed E-state index contributed by atoms with van der Waals surface area (Å²) in [6, 6.07) is 4.93. The number of hydrogen-bond acceptors (Lipinski definition) is 6. The van der Waals surface area contributed by atoms with Gasteiger partial charge in [0.1, 0.15) is 0 Å². The Hall–Kier alpha value is -1.97. The van der Waals surface area contributed by atoms with Crippen LogP contribution in [-0.4, -0.2) is 49.8 Å². The van der Waals surface area contributed by atoms with Crippen LogP contribution in [0.5, 0.6) is 0 Å². The van der Waals surface area contributed by atoms with Gasteiger partial charge in [-0.25, -0.2) is 13.4 Å². The zero-order chi connectivity index (χ0) is 19.7. The fourth-order valence-corrected chi connectivity index (χ4v) is 5.95. The summed E-state index contributed by atoms with van der Waals surface area (Å²) in [5.74, 6) is -0.324. The molecule has 2 aliphatic heterocycles. The van der Waals surface area contributed by atoms with Crippen molar-refractivity contribution in [2.75, 3.05) is 36.4 Å². The summed E-state index contributed by atoms with van der Waals surface area (Å²) in [6.07, 6.45) is 5.60. The lowest BCUT2D eigenvalue weighted by atomic mass is 10.1. The first-order valence-electron chi connectivity index (χ1n) is 9.58. The second-order valence-corrected chi connectivity index (χ2v) is 10.4. The highest BCUT2D eigenvalue weighted by Crippen LogP contribution is 2.30. The van der Waals surface area contributed by atoms with Gasteiger partial charge in [-0.2, -0.15) is 4.31 Å². The van der Waals surface area contributed by atoms with Crippen molar-refractivity contribution in [3.8, 4) is 0 Å². The average Bonchev–Trinajstić information content (AvgIpc) is 3.44. The van der Waals surface area contributed by atoms with Crippen molar-refractivity contribution in [3.05, 3.63) is 34.8 Å². The second kappa shape index (κ2) is 7.81. The molecule has 2 saturated heterocycles. The van der Waals surface area contributed by atoms with E-state index < -0.39 is 10.0 Å². The van der Waals surface area contributed by atoms with Crippen molar-refractivity contribution < 1.29 is 13.2 Å². The Bertz CT molecular complexity index is 975. The molecule has 3 heterocycles. The summed E-state index contributed by atoms with van der Waals surface area (Å²) in [5.41, 5.74) is 1.17. The smallest absolute Gasteiger partial charge is 0.259 e. The third kappa shape index (κ3) is 3.78. The van der Waals surface area contributed by atoms with Crippen LogP contribution < -0.4 is 10.2 Å². The molecule has 0 saturated carbocycles. The Morgan fingerprint density at radius 2 is 1.79 bits per heavy atom. The number of nitrogens with one attached hydrogen (secondary N) is 1. The molecular weight excluding hydrogens is 396 g/mol. The summed E-state index contributed by atoms with van der Waals surface area (Å²) in [5, 5.41) is 3.34. The molecule has 28 heavy (non-hydrogen) atoms. The van der Waals surface area contributed by atoms with E-state index in [1.807, 2.05) is 6.92 Å². The van der Waals surface area contributed by atoms with Gasteiger partial charge in [0.2, 0.25) is 10.0 Å². The van der Waals surface area contributed by atoms with E-state index in [9.17, 15) is 13.2 Å². The van der Waals surface area contributed by atoms with Crippen LogP contribution in [0.1, 0.15) is 40.9 Å². The van der Waals surface area contributed by atoms with Crippen molar-refractivity contribution in [2.24, 2.45) is 0 Å². The molecule has 0 spiro atoms. The van der Waals surface area contributed by atoms with Gasteiger partial charge in [-0.15, -0.1) is 11.3 Å². The van der Waals surface area contributed by atoms with Crippen molar-refractivity contribution in [2.45, 2.75) is 37.5 Å². The first-order chi connectivity index (χ1) is 13.4. The number of carbonyl (C=O) groups excluding carboxylic acids is 1. The molecule has 9 heteroatoms. The van der Waals surface area contributed by atoms with Crippen LogP contribution in [0.3, 0.4) is 0 Å². The lowest BCUT2D eigenvalue weighted by molar-refractivity contribution is 0.102. The highest BCUT2D eigenvalue weighted by Gasteiger charge is 2.29. The lowest BCUT2D eigenvalue weighted by Gasteiger charge is -2.22. The zero-order valence-electron chi connectivity index (χ0n) is 15.8. The van der Waals surface area contributed by atoms with Crippen LogP contribution in [0, 0.1) is 6.92 Å². The van der Waals surface area contributed by atoms with E-state index in [2.05, 4.69) is 15.2 Å². The highest BCUT2D eigenvalue weighted by molar-refractivity contribution is 7.89. The van der Waals surface area contributed by atoms with Crippen molar-refractivity contribution in [3.63, 3.8) is 0 Å². The molecule has 1 N–H and O–H groups in total. The fraction of sp³-hybridized carbons (Fsp3) is 0.474. The van der Waals surface area contributed by atoms with E-state index in [0.29, 0.717) is 23.8 Å². The lowest BCUT2D eigenvalue weighted by Crippen LogP contribution is -2.29. The quantitative estimate of drug-likeness (QED) is 0.804. The van der Waals surface area contributed by atoms with E-state index >= 15 is 0 Å². The third-order valence-corrected chi connectivity index (χ3v) is 7.93. The summed E-state index contributed by atoms with van der Waals surface area (Å²) in [4.78, 5) is 20.5. The van der Waals surface area contributed by atoms with Crippen molar-refractivity contribution >= 4 is 38.1 Å². The molecule has 0 aliphatic carbocycles. The minimum atomic E-state index is -3.58. The molecule has 1 amide bonds. The van der Waals surface area contributed by atoms with Crippen molar-refractivity contribution in [1.82, 2.24) is 9.29 Å². The predicted molar refractivity (Wildman–Crippen MR) is 111 cm³/mol. The first-order valence-corrected chi connectivity index (χ1v) is 11.8. The molecule has 0 radical (unpaired) electrons. The number of benzene rings is 1. The Morgan fingerprint density at radius 3 is 2.43 bits per heavy atom. The number of aromatic nitrogens is 1. The van der Waals surface area contributed by atoms with Crippen LogP contribution in [0.15, 0.2) is 29.3 Å². The predicted octanol–water partition coefficient (Wildman–Crippen LogP) is 3.09. The molecule has 0 bridgehead atoms. The molecule has 4 rings (SSSR count). The van der Waals surface area contributed by atoms with Gasteiger partial charge in [0, 0.05) is 42.9 Å². The minimum absolute atomic E-state index is 0.179. The Labute approximate surface area is 169 Å². The van der Waals surface area contributed by atoms with Gasteiger partial charge in [0.25, 0.3) is 5.91 Å². The number of thiazole rings is 1. The topological polar surface area (TPSA) is 82.6 Å². The third-order valence-electron chi connectivity index (χ3n) is 5.20. The van der Waals surface area contributed by atoms with Gasteiger partial charge in [0.05, 0.1) is 10.5 Å². The molecule has 0 atom stereocenters. The van der Waals surface area contributed by atoms with Gasteiger partial charge in [-0.1, -0.05) is 0 Å². The molecule has 2 aliphatic rings. The van der Waals surface area contributed by atoms with Gasteiger partial charge in [0.15, 0.2) is 5.13 Å². The fourth-order valence-electron chi connectivity index (χ4n) is 3.75. The summed E-state index contributed by atoms with van der Waals surface area (Å²) in [7, 11) is -3.58. The number of sulfonamides is 1. The van der Waals surface area contributed by atoms with Gasteiger partial charge < -0.3 is 4.90 Å². The van der Waals surface area contributed by atoms with E-state index in [0.717, 1.165) is 49.3 Å². The van der Waals surface area contributed by atoms with Crippen LogP contribution in [0.2, 0.25) is 0 Å². The number of hydrogen-bond donors (Lipinski definition) is 1. The van der Waals surface area contributed by atoms with Crippen LogP contribution in [-0.2, 0) is 10.0 Å². The molecule has 1 aromatic heterocycles. The molecule has 2 aromatic rings. The van der Waals surface area contributed by atoms with Crippen LogP contribution in [0.4, 0.5) is 10.8 Å². The Balaban J connectivity index is 1.70. The number of carbonyl (C=O) groups is 1. The number of rotatable bonds is 5. The summed E-state index contributed by atoms with van der Waals surface area (Å²) < 4.78 is 27.5. The first kappa shape index (κ1) is 19.4. The number of nitrogens with zero attached hydrogens (tertiary/aromatic N) is 3. The van der Waals surface area contributed by atoms with Gasteiger partial charge in [-0.3, -0.25) is 10.1 Å². The second-order valence-electron chi connectivity index (χ2n) is 7.21. The van der Waals surface area contributed by atoms with E-state index in [1.165, 1.54) is 21.7 Å². The number of anilines is 2. The monoisotopic (exact) mass is 420 g/mol. The van der Waals surface area contributed by atoms with Crippen molar-refractivity contribution in [1.29, 1.82) is 0 Å². The molecular formula is C19H24N4O3S2. The molecule has 1 aromatic carbocycles. The molecule has 2 fully saturated rings. The average molecular weight is 421 g/mol. The van der Waals surface area contributed by atoms with E-state index in [-0.39, 0.29) is 10.8 Å². The summed E-state index contributed by atoms with van der Waals surface area (Å²) in [6.45, 7) is 4.74. The normalized spacial score (nSPS) is 18.0. The molecule has 7 nitrogen and oxygen atoms in total. The van der Waals surface area contributed by atoms with Gasteiger partial charge in [-0.05, 0) is 50.8 Å². The molecule has 0 unspecified atom stereocenters. The molecule has 150 valence electrons. The van der Waals surface area contributed by atoms with Crippen LogP contribution >= 0.6 is 11.3 Å². The van der Waals surface area contributed by atoms with E-state index in [1.54, 1.807) is 18.3 Å². The number of amides is 1. The number of aryl methyl sites for hydroxylation is 1. The SMILES string of the molecule is Cc1cnc(NC(=O)c2cc(S(=O)(=O)N3CCCC3)ccc2N2CCCC2)s1. The van der Waals surface area contributed by atoms with Gasteiger partial charge >= 0.3 is 0 Å². The largest absolute Gasteiger partial charge is 0.371 e. The minimum Gasteiger partial charge on any atom is -0.371 e. The maximum absolute atomic E-state index is 13.0. The highest BCUT2D eigenvalue weighted by atomic mass is 32.2. The standard InChI is InChI=1S/C19H24N4O3S2/c1-14-13-20-19(27-14)21-18(24)16-12-15(28(25,26)23-10-4-5-11-23)6-7-17(16)22-8-2-3-9-22/h6-7,12-13H,2-5,8-11H2,1H3,(H,20,21,24). The van der Waals surface area contributed by atoms with E-state index in [4.69, 9.17) is 0 Å². The Morgan fingerprint density at radius 1 is 1.11 bits per heavy atom.